The van der Waals surface area contributed by atoms with Crippen molar-refractivity contribution in [2.24, 2.45) is 22.7 Å². The lowest BCUT2D eigenvalue weighted by atomic mass is 9.53. The molecule has 4 fully saturated rings. The van der Waals surface area contributed by atoms with Gasteiger partial charge in [-0.1, -0.05) is 29.8 Å². The van der Waals surface area contributed by atoms with E-state index in [1.807, 2.05) is 42.6 Å². The Morgan fingerprint density at radius 3 is 2.36 bits per heavy atom. The first-order chi connectivity index (χ1) is 13.5. The fraction of sp³-hybridized carbons (Fsp3) is 0.458. The Morgan fingerprint density at radius 2 is 1.71 bits per heavy atom. The summed E-state index contributed by atoms with van der Waals surface area (Å²) >= 11 is 9.85. The van der Waals surface area contributed by atoms with Crippen molar-refractivity contribution in [2.75, 3.05) is 0 Å². The summed E-state index contributed by atoms with van der Waals surface area (Å²) in [7, 11) is 0. The predicted octanol–water partition coefficient (Wildman–Crippen LogP) is 6.79. The highest BCUT2D eigenvalue weighted by Crippen LogP contribution is 2.57. The highest BCUT2D eigenvalue weighted by Gasteiger charge is 2.50. The zero-order valence-corrected chi connectivity index (χ0v) is 18.2. The number of aliphatic imine (C=N–C) groups is 1. The molecule has 4 bridgehead atoms. The van der Waals surface area contributed by atoms with Crippen molar-refractivity contribution in [3.8, 4) is 5.75 Å². The highest BCUT2D eigenvalue weighted by atomic mass is 79.9. The molecule has 2 aromatic rings. The van der Waals surface area contributed by atoms with Gasteiger partial charge >= 0.3 is 0 Å². The van der Waals surface area contributed by atoms with Gasteiger partial charge < -0.3 is 5.11 Å². The first-order valence-corrected chi connectivity index (χ1v) is 11.5. The van der Waals surface area contributed by atoms with Crippen LogP contribution in [0.25, 0.3) is 0 Å². The second-order valence-corrected chi connectivity index (χ2v) is 10.4. The maximum atomic E-state index is 10.6. The molecule has 0 unspecified atom stereocenters. The Hall–Kier alpha value is -1.32. The van der Waals surface area contributed by atoms with Gasteiger partial charge in [0.1, 0.15) is 5.75 Å². The summed E-state index contributed by atoms with van der Waals surface area (Å²) in [6.45, 7) is 0. The Bertz CT molecular complexity index is 903. The number of aromatic hydroxyl groups is 1. The molecule has 28 heavy (non-hydrogen) atoms. The van der Waals surface area contributed by atoms with Crippen LogP contribution in [0.2, 0.25) is 5.02 Å². The molecule has 4 aliphatic rings. The first kappa shape index (κ1) is 18.7. The number of phenols is 1. The fourth-order valence-corrected chi connectivity index (χ4v) is 6.90. The molecule has 0 heterocycles. The van der Waals surface area contributed by atoms with Gasteiger partial charge in [0.2, 0.25) is 0 Å². The van der Waals surface area contributed by atoms with Crippen molar-refractivity contribution >= 4 is 33.7 Å². The van der Waals surface area contributed by atoms with Crippen LogP contribution in [-0.2, 0) is 6.42 Å². The quantitative estimate of drug-likeness (QED) is 0.503. The molecule has 0 atom stereocenters. The standard InChI is InChI=1S/C24H25BrClNO/c25-21-10-15(8-19-3-1-2-4-22(19)26)9-20(23(21)28)14-27-24-11-16-5-17(12-24)7-18(6-16)13-24/h1-4,9-10,14,16-18,28H,5-8,11-13H2. The number of phenolic OH excluding ortho intramolecular Hbond substituents is 1. The maximum Gasteiger partial charge on any atom is 0.138 e. The van der Waals surface area contributed by atoms with Crippen LogP contribution in [0.5, 0.6) is 5.75 Å². The van der Waals surface area contributed by atoms with Gasteiger partial charge in [-0.2, -0.15) is 0 Å². The lowest BCUT2D eigenvalue weighted by molar-refractivity contribution is 0.00194. The molecule has 146 valence electrons. The summed E-state index contributed by atoms with van der Waals surface area (Å²) in [5.74, 6) is 2.89. The molecule has 0 spiro atoms. The van der Waals surface area contributed by atoms with E-state index in [0.29, 0.717) is 4.47 Å². The van der Waals surface area contributed by atoms with Crippen molar-refractivity contribution < 1.29 is 5.11 Å². The largest absolute Gasteiger partial charge is 0.506 e. The van der Waals surface area contributed by atoms with E-state index in [1.165, 1.54) is 38.5 Å². The van der Waals surface area contributed by atoms with Crippen LogP contribution >= 0.6 is 27.5 Å². The molecule has 0 aromatic heterocycles. The molecule has 0 amide bonds. The minimum absolute atomic E-state index is 0.117. The van der Waals surface area contributed by atoms with E-state index in [0.717, 1.165) is 45.9 Å². The summed E-state index contributed by atoms with van der Waals surface area (Å²) in [4.78, 5) is 5.12. The Kier molecular flexibility index (Phi) is 4.79. The average Bonchev–Trinajstić information content (AvgIpc) is 2.64. The maximum absolute atomic E-state index is 10.6. The minimum Gasteiger partial charge on any atom is -0.506 e. The number of nitrogens with zero attached hydrogens (tertiary/aromatic N) is 1. The molecule has 4 aliphatic carbocycles. The third-order valence-corrected chi connectivity index (χ3v) is 7.96. The molecule has 4 heteroatoms. The summed E-state index contributed by atoms with van der Waals surface area (Å²) in [6, 6.07) is 11.9. The number of benzene rings is 2. The van der Waals surface area contributed by atoms with Crippen LogP contribution in [0, 0.1) is 17.8 Å². The first-order valence-electron chi connectivity index (χ1n) is 10.3. The van der Waals surface area contributed by atoms with Gasteiger partial charge in [-0.25, -0.2) is 0 Å². The third kappa shape index (κ3) is 3.52. The van der Waals surface area contributed by atoms with Crippen molar-refractivity contribution in [2.45, 2.75) is 50.5 Å². The number of hydrogen-bond donors (Lipinski definition) is 1. The van der Waals surface area contributed by atoms with Crippen molar-refractivity contribution in [1.82, 2.24) is 0 Å². The van der Waals surface area contributed by atoms with E-state index in [9.17, 15) is 5.11 Å². The lowest BCUT2D eigenvalue weighted by Gasteiger charge is -2.55. The third-order valence-electron chi connectivity index (χ3n) is 6.99. The topological polar surface area (TPSA) is 32.6 Å². The van der Waals surface area contributed by atoms with E-state index >= 15 is 0 Å². The second kappa shape index (κ2) is 7.18. The molecular weight excluding hydrogens is 434 g/mol. The summed E-state index contributed by atoms with van der Waals surface area (Å²) in [5, 5.41) is 11.4. The normalized spacial score (nSPS) is 31.0. The van der Waals surface area contributed by atoms with E-state index < -0.39 is 0 Å². The second-order valence-electron chi connectivity index (χ2n) is 9.18. The van der Waals surface area contributed by atoms with Crippen molar-refractivity contribution in [3.05, 3.63) is 62.6 Å². The van der Waals surface area contributed by atoms with Gasteiger partial charge in [-0.05, 0) is 108 Å². The van der Waals surface area contributed by atoms with Gasteiger partial charge in [-0.15, -0.1) is 0 Å². The summed E-state index contributed by atoms with van der Waals surface area (Å²) in [6.07, 6.45) is 10.6. The smallest absolute Gasteiger partial charge is 0.138 e. The fourth-order valence-electron chi connectivity index (χ4n) is 6.17. The van der Waals surface area contributed by atoms with Gasteiger partial charge in [0.25, 0.3) is 0 Å². The van der Waals surface area contributed by atoms with Crippen molar-refractivity contribution in [1.29, 1.82) is 0 Å². The van der Waals surface area contributed by atoms with E-state index in [2.05, 4.69) is 15.9 Å². The Balaban J connectivity index is 1.43. The number of halogens is 2. The lowest BCUT2D eigenvalue weighted by Crippen LogP contribution is -2.49. The average molecular weight is 459 g/mol. The monoisotopic (exact) mass is 457 g/mol. The molecule has 0 saturated heterocycles. The number of hydrogen-bond acceptors (Lipinski definition) is 2. The van der Waals surface area contributed by atoms with E-state index in [1.54, 1.807) is 0 Å². The summed E-state index contributed by atoms with van der Waals surface area (Å²) in [5.41, 5.74) is 3.12. The van der Waals surface area contributed by atoms with E-state index in [4.69, 9.17) is 16.6 Å². The predicted molar refractivity (Wildman–Crippen MR) is 119 cm³/mol. The van der Waals surface area contributed by atoms with Crippen LogP contribution in [0.1, 0.15) is 55.2 Å². The molecule has 2 aromatic carbocycles. The van der Waals surface area contributed by atoms with Gasteiger partial charge in [0, 0.05) is 16.8 Å². The van der Waals surface area contributed by atoms with Gasteiger partial charge in [0.05, 0.1) is 10.0 Å². The Morgan fingerprint density at radius 1 is 1.07 bits per heavy atom. The Labute approximate surface area is 180 Å². The van der Waals surface area contributed by atoms with Gasteiger partial charge in [0.15, 0.2) is 0 Å². The van der Waals surface area contributed by atoms with Gasteiger partial charge in [-0.3, -0.25) is 4.99 Å². The van der Waals surface area contributed by atoms with Crippen LogP contribution < -0.4 is 0 Å². The zero-order chi connectivity index (χ0) is 19.3. The summed E-state index contributed by atoms with van der Waals surface area (Å²) < 4.78 is 0.712. The molecule has 0 aliphatic heterocycles. The van der Waals surface area contributed by atoms with Crippen LogP contribution in [0.3, 0.4) is 0 Å². The SMILES string of the molecule is Oc1c(Br)cc(Cc2ccccc2Cl)cc1C=NC12CC3CC(CC(C3)C1)C2. The van der Waals surface area contributed by atoms with Crippen LogP contribution in [-0.4, -0.2) is 16.9 Å². The molecule has 2 nitrogen and oxygen atoms in total. The highest BCUT2D eigenvalue weighted by molar-refractivity contribution is 9.10. The van der Waals surface area contributed by atoms with Crippen molar-refractivity contribution in [3.63, 3.8) is 0 Å². The zero-order valence-electron chi connectivity index (χ0n) is 15.9. The molecule has 1 N–H and O–H groups in total. The van der Waals surface area contributed by atoms with E-state index in [-0.39, 0.29) is 11.3 Å². The van der Waals surface area contributed by atoms with Crippen LogP contribution in [0.15, 0.2) is 45.9 Å². The van der Waals surface area contributed by atoms with Crippen LogP contribution in [0.4, 0.5) is 0 Å². The molecular formula is C24H25BrClNO. The molecule has 0 radical (unpaired) electrons. The minimum atomic E-state index is 0.117. The number of rotatable bonds is 4. The molecule has 6 rings (SSSR count). The molecule has 4 saturated carbocycles.